The van der Waals surface area contributed by atoms with Gasteiger partial charge in [-0.1, -0.05) is 28.0 Å². The first-order chi connectivity index (χ1) is 8.84. The molecule has 0 spiro atoms. The molecule has 0 saturated heterocycles. The quantitative estimate of drug-likeness (QED) is 0.318. The van der Waals surface area contributed by atoms with Crippen molar-refractivity contribution in [1.82, 2.24) is 5.32 Å². The van der Waals surface area contributed by atoms with Crippen molar-refractivity contribution >= 4 is 43.6 Å². The molecular formula is C12H15Br2N3O2. The first-order valence-electron chi connectivity index (χ1n) is 5.59. The Morgan fingerprint density at radius 1 is 1.53 bits per heavy atom. The summed E-state index contributed by atoms with van der Waals surface area (Å²) in [6, 6.07) is 5.29. The van der Waals surface area contributed by atoms with Crippen LogP contribution in [0, 0.1) is 0 Å². The SMILES string of the molecule is CCC(C)(NC(=O)c1cc(Br)ccc1Br)/C(N)=N/O. The van der Waals surface area contributed by atoms with E-state index in [9.17, 15) is 4.79 Å². The molecule has 0 aliphatic rings. The van der Waals surface area contributed by atoms with Gasteiger partial charge in [0.2, 0.25) is 0 Å². The first kappa shape index (κ1) is 16.0. The molecule has 0 fully saturated rings. The van der Waals surface area contributed by atoms with Crippen LogP contribution in [-0.2, 0) is 0 Å². The highest BCUT2D eigenvalue weighted by Gasteiger charge is 2.30. The predicted octanol–water partition coefficient (Wildman–Crippen LogP) is 2.86. The van der Waals surface area contributed by atoms with Crippen molar-refractivity contribution < 1.29 is 10.0 Å². The number of nitrogens with zero attached hydrogens (tertiary/aromatic N) is 1. The molecule has 1 amide bonds. The van der Waals surface area contributed by atoms with Crippen LogP contribution in [0.2, 0.25) is 0 Å². The molecule has 0 bridgehead atoms. The number of nitrogens with two attached hydrogens (primary N) is 1. The number of nitrogens with one attached hydrogen (secondary N) is 1. The van der Waals surface area contributed by atoms with Gasteiger partial charge in [-0.25, -0.2) is 0 Å². The van der Waals surface area contributed by atoms with Crippen molar-refractivity contribution in [3.63, 3.8) is 0 Å². The minimum Gasteiger partial charge on any atom is -0.409 e. The molecular weight excluding hydrogens is 378 g/mol. The Morgan fingerprint density at radius 2 is 2.16 bits per heavy atom. The summed E-state index contributed by atoms with van der Waals surface area (Å²) < 4.78 is 1.47. The van der Waals surface area contributed by atoms with E-state index in [1.54, 1.807) is 19.1 Å². The molecule has 0 saturated carbocycles. The number of carbonyl (C=O) groups is 1. The molecule has 0 aliphatic carbocycles. The second-order valence-corrected chi connectivity index (χ2v) is 6.02. The van der Waals surface area contributed by atoms with E-state index in [0.29, 0.717) is 16.5 Å². The van der Waals surface area contributed by atoms with Crippen LogP contribution in [0.25, 0.3) is 0 Å². The lowest BCUT2D eigenvalue weighted by Gasteiger charge is -2.28. The van der Waals surface area contributed by atoms with E-state index >= 15 is 0 Å². The number of hydrogen-bond acceptors (Lipinski definition) is 3. The summed E-state index contributed by atoms with van der Waals surface area (Å²) in [5.74, 6) is -0.335. The average Bonchev–Trinajstić information content (AvgIpc) is 2.40. The van der Waals surface area contributed by atoms with Gasteiger partial charge >= 0.3 is 0 Å². The zero-order valence-electron chi connectivity index (χ0n) is 10.6. The zero-order valence-corrected chi connectivity index (χ0v) is 13.7. The summed E-state index contributed by atoms with van der Waals surface area (Å²) in [6.45, 7) is 3.54. The third-order valence-electron chi connectivity index (χ3n) is 2.94. The molecule has 104 valence electrons. The molecule has 1 aromatic rings. The molecule has 1 atom stereocenters. The van der Waals surface area contributed by atoms with E-state index in [1.807, 2.05) is 13.0 Å². The van der Waals surface area contributed by atoms with Crippen LogP contribution in [0.3, 0.4) is 0 Å². The lowest BCUT2D eigenvalue weighted by atomic mass is 9.97. The number of amides is 1. The third-order valence-corrected chi connectivity index (χ3v) is 4.13. The fraction of sp³-hybridized carbons (Fsp3) is 0.333. The number of oxime groups is 1. The largest absolute Gasteiger partial charge is 0.409 e. The highest BCUT2D eigenvalue weighted by atomic mass is 79.9. The summed E-state index contributed by atoms with van der Waals surface area (Å²) in [4.78, 5) is 12.3. The van der Waals surface area contributed by atoms with Gasteiger partial charge < -0.3 is 16.3 Å². The zero-order chi connectivity index (χ0) is 14.6. The van der Waals surface area contributed by atoms with Crippen LogP contribution < -0.4 is 11.1 Å². The lowest BCUT2D eigenvalue weighted by molar-refractivity contribution is 0.0924. The van der Waals surface area contributed by atoms with Gasteiger partial charge in [0.05, 0.1) is 11.1 Å². The molecule has 0 aromatic heterocycles. The van der Waals surface area contributed by atoms with Crippen LogP contribution in [0.4, 0.5) is 0 Å². The summed E-state index contributed by atoms with van der Waals surface area (Å²) in [5.41, 5.74) is 5.20. The first-order valence-corrected chi connectivity index (χ1v) is 7.18. The van der Waals surface area contributed by atoms with Gasteiger partial charge in [0.25, 0.3) is 5.91 Å². The molecule has 4 N–H and O–H groups in total. The summed E-state index contributed by atoms with van der Waals surface area (Å²) in [7, 11) is 0. The Morgan fingerprint density at radius 3 is 2.68 bits per heavy atom. The van der Waals surface area contributed by atoms with Crippen LogP contribution in [-0.4, -0.2) is 22.5 Å². The van der Waals surface area contributed by atoms with Crippen molar-refractivity contribution in [2.24, 2.45) is 10.9 Å². The molecule has 1 unspecified atom stereocenters. The normalized spacial score (nSPS) is 14.8. The molecule has 7 heteroatoms. The van der Waals surface area contributed by atoms with Gasteiger partial charge in [0.1, 0.15) is 0 Å². The van der Waals surface area contributed by atoms with E-state index < -0.39 is 5.54 Å². The Labute approximate surface area is 128 Å². The number of rotatable bonds is 4. The molecule has 1 rings (SSSR count). The fourth-order valence-corrected chi connectivity index (χ4v) is 2.22. The molecule has 0 aliphatic heterocycles. The number of hydrogen-bond donors (Lipinski definition) is 3. The highest BCUT2D eigenvalue weighted by Crippen LogP contribution is 2.22. The summed E-state index contributed by atoms with van der Waals surface area (Å²) in [6.07, 6.45) is 0.500. The molecule has 0 heterocycles. The number of carbonyl (C=O) groups excluding carboxylic acids is 1. The van der Waals surface area contributed by atoms with Crippen molar-refractivity contribution in [2.75, 3.05) is 0 Å². The Bertz CT molecular complexity index is 520. The minimum atomic E-state index is -0.895. The van der Waals surface area contributed by atoms with E-state index in [1.165, 1.54) is 0 Å². The maximum absolute atomic E-state index is 12.3. The maximum atomic E-state index is 12.3. The van der Waals surface area contributed by atoms with E-state index in [4.69, 9.17) is 10.9 Å². The second kappa shape index (κ2) is 6.38. The van der Waals surface area contributed by atoms with Gasteiger partial charge in [-0.2, -0.15) is 0 Å². The Hall–Kier alpha value is -1.08. The standard InChI is InChI=1S/C12H15Br2N3O2/c1-3-12(2,11(15)17-19)16-10(18)8-6-7(13)4-5-9(8)14/h4-6,19H,3H2,1-2H3,(H2,15,17)(H,16,18). The van der Waals surface area contributed by atoms with E-state index in [-0.39, 0.29) is 11.7 Å². The van der Waals surface area contributed by atoms with E-state index in [2.05, 4.69) is 42.3 Å². The number of benzene rings is 1. The van der Waals surface area contributed by atoms with Crippen molar-refractivity contribution in [3.05, 3.63) is 32.7 Å². The van der Waals surface area contributed by atoms with Crippen LogP contribution in [0.1, 0.15) is 30.6 Å². The number of amidine groups is 1. The number of halogens is 2. The van der Waals surface area contributed by atoms with Crippen LogP contribution in [0.15, 0.2) is 32.3 Å². The third kappa shape index (κ3) is 3.70. The highest BCUT2D eigenvalue weighted by molar-refractivity contribution is 9.11. The van der Waals surface area contributed by atoms with Gasteiger partial charge in [-0.3, -0.25) is 4.79 Å². The smallest absolute Gasteiger partial charge is 0.253 e. The Balaban J connectivity index is 3.05. The van der Waals surface area contributed by atoms with Gasteiger partial charge in [0.15, 0.2) is 5.84 Å². The van der Waals surface area contributed by atoms with Crippen molar-refractivity contribution in [1.29, 1.82) is 0 Å². The van der Waals surface area contributed by atoms with Crippen molar-refractivity contribution in [3.8, 4) is 0 Å². The monoisotopic (exact) mass is 391 g/mol. The topological polar surface area (TPSA) is 87.7 Å². The molecule has 1 aromatic carbocycles. The van der Waals surface area contributed by atoms with Gasteiger partial charge in [-0.15, -0.1) is 0 Å². The van der Waals surface area contributed by atoms with Gasteiger partial charge in [0, 0.05) is 8.95 Å². The average molecular weight is 393 g/mol. The Kier molecular flexibility index (Phi) is 5.37. The minimum absolute atomic E-state index is 0.0329. The maximum Gasteiger partial charge on any atom is 0.253 e. The predicted molar refractivity (Wildman–Crippen MR) is 81.4 cm³/mol. The molecule has 19 heavy (non-hydrogen) atoms. The van der Waals surface area contributed by atoms with E-state index in [0.717, 1.165) is 4.47 Å². The molecule has 5 nitrogen and oxygen atoms in total. The summed E-state index contributed by atoms with van der Waals surface area (Å²) >= 11 is 6.64. The van der Waals surface area contributed by atoms with Crippen LogP contribution in [0.5, 0.6) is 0 Å². The summed E-state index contributed by atoms with van der Waals surface area (Å²) in [5, 5.41) is 14.5. The van der Waals surface area contributed by atoms with Gasteiger partial charge in [-0.05, 0) is 47.5 Å². The fourth-order valence-electron chi connectivity index (χ4n) is 1.43. The molecule has 0 radical (unpaired) electrons. The second-order valence-electron chi connectivity index (χ2n) is 4.25. The lowest BCUT2D eigenvalue weighted by Crippen LogP contribution is -2.55. The van der Waals surface area contributed by atoms with Crippen LogP contribution >= 0.6 is 31.9 Å². The van der Waals surface area contributed by atoms with Crippen molar-refractivity contribution in [2.45, 2.75) is 25.8 Å².